The standard InChI is InChI=1S/C13H19N3O4S/c1-8-6-9(2)12(11-10(8)14-20-15-11)21(17,18)16-13(3,4)7-19-5/h6,16H,7H2,1-5H3. The number of nitrogens with zero attached hydrogens (tertiary/aromatic N) is 2. The third kappa shape index (κ3) is 3.07. The van der Waals surface area contributed by atoms with Gasteiger partial charge in [-0.2, -0.15) is 0 Å². The number of nitrogens with one attached hydrogen (secondary N) is 1. The number of sulfonamides is 1. The van der Waals surface area contributed by atoms with Crippen molar-refractivity contribution >= 4 is 21.1 Å². The predicted molar refractivity (Wildman–Crippen MR) is 77.6 cm³/mol. The lowest BCUT2D eigenvalue weighted by Gasteiger charge is -2.25. The summed E-state index contributed by atoms with van der Waals surface area (Å²) in [5, 5.41) is 7.51. The molecule has 0 radical (unpaired) electrons. The monoisotopic (exact) mass is 313 g/mol. The van der Waals surface area contributed by atoms with Gasteiger partial charge in [0.2, 0.25) is 10.0 Å². The topological polar surface area (TPSA) is 94.3 Å². The Balaban J connectivity index is 2.58. The first-order valence-electron chi connectivity index (χ1n) is 6.43. The molecule has 1 N–H and O–H groups in total. The Morgan fingerprint density at radius 1 is 1.24 bits per heavy atom. The lowest BCUT2D eigenvalue weighted by atomic mass is 10.1. The van der Waals surface area contributed by atoms with Gasteiger partial charge in [0.1, 0.15) is 10.4 Å². The Kier molecular flexibility index (Phi) is 4.05. The van der Waals surface area contributed by atoms with Gasteiger partial charge in [-0.1, -0.05) is 6.07 Å². The molecular weight excluding hydrogens is 294 g/mol. The molecule has 0 spiro atoms. The van der Waals surface area contributed by atoms with Crippen LogP contribution in [0.3, 0.4) is 0 Å². The van der Waals surface area contributed by atoms with E-state index in [1.165, 1.54) is 7.11 Å². The van der Waals surface area contributed by atoms with Crippen molar-refractivity contribution in [2.45, 2.75) is 38.1 Å². The summed E-state index contributed by atoms with van der Waals surface area (Å²) in [4.78, 5) is 0.0912. The summed E-state index contributed by atoms with van der Waals surface area (Å²) in [6, 6.07) is 1.75. The van der Waals surface area contributed by atoms with Crippen LogP contribution in [0.25, 0.3) is 11.0 Å². The largest absolute Gasteiger partial charge is 0.383 e. The summed E-state index contributed by atoms with van der Waals surface area (Å²) < 4.78 is 37.7. The number of benzene rings is 1. The lowest BCUT2D eigenvalue weighted by molar-refractivity contribution is 0.141. The summed E-state index contributed by atoms with van der Waals surface area (Å²) in [7, 11) is -2.26. The van der Waals surface area contributed by atoms with Crippen LogP contribution in [-0.2, 0) is 14.8 Å². The predicted octanol–water partition coefficient (Wildman–Crippen LogP) is 1.54. The molecule has 2 aromatic rings. The molecule has 8 heteroatoms. The van der Waals surface area contributed by atoms with Gasteiger partial charge < -0.3 is 4.74 Å². The van der Waals surface area contributed by atoms with Crippen molar-refractivity contribution in [3.63, 3.8) is 0 Å². The minimum atomic E-state index is -3.78. The summed E-state index contributed by atoms with van der Waals surface area (Å²) in [5.74, 6) is 0. The second kappa shape index (κ2) is 5.36. The number of hydrogen-bond donors (Lipinski definition) is 1. The van der Waals surface area contributed by atoms with Gasteiger partial charge in [0.15, 0.2) is 5.52 Å². The van der Waals surface area contributed by atoms with Gasteiger partial charge in [0.25, 0.3) is 0 Å². The van der Waals surface area contributed by atoms with E-state index in [2.05, 4.69) is 15.0 Å². The number of hydrogen-bond acceptors (Lipinski definition) is 6. The average Bonchev–Trinajstić information content (AvgIpc) is 2.75. The van der Waals surface area contributed by atoms with Gasteiger partial charge in [-0.3, -0.25) is 0 Å². The molecule has 0 atom stereocenters. The number of aromatic nitrogens is 2. The van der Waals surface area contributed by atoms with E-state index in [0.717, 1.165) is 5.56 Å². The van der Waals surface area contributed by atoms with E-state index in [4.69, 9.17) is 9.37 Å². The molecule has 21 heavy (non-hydrogen) atoms. The molecule has 116 valence electrons. The van der Waals surface area contributed by atoms with Gasteiger partial charge in [-0.05, 0) is 49.1 Å². The number of methoxy groups -OCH3 is 1. The average molecular weight is 313 g/mol. The molecule has 0 saturated carbocycles. The molecule has 0 bridgehead atoms. The van der Waals surface area contributed by atoms with Gasteiger partial charge in [-0.15, -0.1) is 0 Å². The van der Waals surface area contributed by atoms with Crippen LogP contribution in [0, 0.1) is 13.8 Å². The maximum Gasteiger partial charge on any atom is 0.243 e. The van der Waals surface area contributed by atoms with Crippen molar-refractivity contribution in [3.05, 3.63) is 17.2 Å². The first-order chi connectivity index (χ1) is 9.68. The van der Waals surface area contributed by atoms with E-state index >= 15 is 0 Å². The molecule has 0 fully saturated rings. The summed E-state index contributed by atoms with van der Waals surface area (Å²) in [5.41, 5.74) is 1.36. The van der Waals surface area contributed by atoms with Crippen molar-refractivity contribution in [1.82, 2.24) is 15.0 Å². The Hall–Kier alpha value is -1.51. The van der Waals surface area contributed by atoms with Crippen molar-refractivity contribution in [3.8, 4) is 0 Å². The smallest absolute Gasteiger partial charge is 0.243 e. The highest BCUT2D eigenvalue weighted by Crippen LogP contribution is 2.27. The zero-order valence-electron chi connectivity index (χ0n) is 12.7. The number of fused-ring (bicyclic) bond motifs is 1. The molecule has 1 aromatic carbocycles. The fourth-order valence-corrected chi connectivity index (χ4v) is 4.15. The minimum absolute atomic E-state index is 0.0912. The van der Waals surface area contributed by atoms with Gasteiger partial charge >= 0.3 is 0 Å². The molecule has 0 amide bonds. The van der Waals surface area contributed by atoms with Gasteiger partial charge in [0, 0.05) is 7.11 Å². The van der Waals surface area contributed by atoms with Crippen LogP contribution < -0.4 is 4.72 Å². The fourth-order valence-electron chi connectivity index (χ4n) is 2.39. The molecule has 2 rings (SSSR count). The Morgan fingerprint density at radius 2 is 1.86 bits per heavy atom. The van der Waals surface area contributed by atoms with E-state index in [0.29, 0.717) is 11.1 Å². The van der Waals surface area contributed by atoms with Crippen LogP contribution in [0.5, 0.6) is 0 Å². The first-order valence-corrected chi connectivity index (χ1v) is 7.91. The minimum Gasteiger partial charge on any atom is -0.383 e. The SMILES string of the molecule is COCC(C)(C)NS(=O)(=O)c1c(C)cc(C)c2nonc12. The van der Waals surface area contributed by atoms with E-state index < -0.39 is 15.6 Å². The number of rotatable bonds is 5. The van der Waals surface area contributed by atoms with Gasteiger partial charge in [-0.25, -0.2) is 17.8 Å². The highest BCUT2D eigenvalue weighted by Gasteiger charge is 2.30. The van der Waals surface area contributed by atoms with Crippen molar-refractivity contribution < 1.29 is 17.8 Å². The highest BCUT2D eigenvalue weighted by atomic mass is 32.2. The lowest BCUT2D eigenvalue weighted by Crippen LogP contribution is -2.46. The van der Waals surface area contributed by atoms with Crippen LogP contribution in [-0.4, -0.2) is 38.0 Å². The number of aryl methyl sites for hydroxylation is 2. The molecule has 1 heterocycles. The van der Waals surface area contributed by atoms with E-state index in [1.807, 2.05) is 6.92 Å². The third-order valence-corrected chi connectivity index (χ3v) is 4.93. The molecule has 0 aliphatic carbocycles. The second-order valence-corrected chi connectivity index (χ2v) is 7.34. The fraction of sp³-hybridized carbons (Fsp3) is 0.538. The van der Waals surface area contributed by atoms with Crippen LogP contribution >= 0.6 is 0 Å². The maximum atomic E-state index is 12.7. The normalized spacial score (nSPS) is 13.0. The molecule has 0 saturated heterocycles. The Bertz CT molecular complexity index is 765. The highest BCUT2D eigenvalue weighted by molar-refractivity contribution is 7.89. The van der Waals surface area contributed by atoms with Crippen molar-refractivity contribution in [1.29, 1.82) is 0 Å². The van der Waals surface area contributed by atoms with E-state index in [9.17, 15) is 8.42 Å². The quantitative estimate of drug-likeness (QED) is 0.900. The number of ether oxygens (including phenoxy) is 1. The van der Waals surface area contributed by atoms with Gasteiger partial charge in [0.05, 0.1) is 12.1 Å². The molecule has 0 unspecified atom stereocenters. The van der Waals surface area contributed by atoms with Crippen LogP contribution in [0.1, 0.15) is 25.0 Å². The molecule has 7 nitrogen and oxygen atoms in total. The molecular formula is C13H19N3O4S. The van der Waals surface area contributed by atoms with Crippen LogP contribution in [0.15, 0.2) is 15.6 Å². The first kappa shape index (κ1) is 15.9. The van der Waals surface area contributed by atoms with E-state index in [1.54, 1.807) is 26.8 Å². The maximum absolute atomic E-state index is 12.7. The van der Waals surface area contributed by atoms with E-state index in [-0.39, 0.29) is 17.0 Å². The molecule has 0 aliphatic heterocycles. The third-order valence-electron chi connectivity index (χ3n) is 3.05. The molecule has 0 aliphatic rings. The zero-order chi connectivity index (χ0) is 15.8. The van der Waals surface area contributed by atoms with Crippen molar-refractivity contribution in [2.75, 3.05) is 13.7 Å². The Morgan fingerprint density at radius 3 is 2.48 bits per heavy atom. The second-order valence-electron chi connectivity index (χ2n) is 5.72. The van der Waals surface area contributed by atoms with Crippen molar-refractivity contribution in [2.24, 2.45) is 0 Å². The molecule has 1 aromatic heterocycles. The summed E-state index contributed by atoms with van der Waals surface area (Å²) in [6.07, 6.45) is 0. The summed E-state index contributed by atoms with van der Waals surface area (Å²) in [6.45, 7) is 7.29. The van der Waals surface area contributed by atoms with Crippen LogP contribution in [0.2, 0.25) is 0 Å². The Labute approximate surface area is 123 Å². The zero-order valence-corrected chi connectivity index (χ0v) is 13.5. The summed E-state index contributed by atoms with van der Waals surface area (Å²) >= 11 is 0. The van der Waals surface area contributed by atoms with Crippen LogP contribution in [0.4, 0.5) is 0 Å².